The third-order valence-corrected chi connectivity index (χ3v) is 1.61. The van der Waals surface area contributed by atoms with Crippen molar-refractivity contribution in [3.8, 4) is 0 Å². The van der Waals surface area contributed by atoms with E-state index in [2.05, 4.69) is 22.6 Å². The molecule has 1 unspecified atom stereocenters. The summed E-state index contributed by atoms with van der Waals surface area (Å²) in [6.45, 7) is 8.44. The lowest BCUT2D eigenvalue weighted by Crippen LogP contribution is -2.22. The van der Waals surface area contributed by atoms with Crippen LogP contribution < -0.4 is 0 Å². The van der Waals surface area contributed by atoms with Crippen LogP contribution in [0.2, 0.25) is 0 Å². The van der Waals surface area contributed by atoms with Gasteiger partial charge in [-0.05, 0) is 6.92 Å². The van der Waals surface area contributed by atoms with E-state index in [-0.39, 0.29) is 6.42 Å². The lowest BCUT2D eigenvalue weighted by Gasteiger charge is -2.04. The van der Waals surface area contributed by atoms with E-state index in [9.17, 15) is 24.0 Å². The molecule has 0 radical (unpaired) electrons. The summed E-state index contributed by atoms with van der Waals surface area (Å²) in [4.78, 5) is 49.6. The maximum atomic E-state index is 10.3. The van der Waals surface area contributed by atoms with E-state index in [1.165, 1.54) is 6.92 Å². The molecule has 0 heterocycles. The van der Waals surface area contributed by atoms with Crippen LogP contribution in [-0.4, -0.2) is 57.9 Å². The Hall–Kier alpha value is -3.17. The SMILES string of the molecule is C=CC(=O)OC(C)C(=O)O.C=CC(=O)OCC(=O)O.CCC(=O)O. The lowest BCUT2D eigenvalue weighted by atomic mass is 10.4. The van der Waals surface area contributed by atoms with Crippen molar-refractivity contribution in [3.05, 3.63) is 25.3 Å². The summed E-state index contributed by atoms with van der Waals surface area (Å²) in [6.07, 6.45) is 0.938. The molecule has 0 aromatic rings. The molecule has 0 aromatic carbocycles. The summed E-state index contributed by atoms with van der Waals surface area (Å²) in [5.74, 6) is -4.54. The van der Waals surface area contributed by atoms with Crippen molar-refractivity contribution in [2.45, 2.75) is 26.4 Å². The molecule has 0 rings (SSSR count). The van der Waals surface area contributed by atoms with Crippen molar-refractivity contribution in [2.24, 2.45) is 0 Å². The monoisotopic (exact) mass is 348 g/mol. The smallest absolute Gasteiger partial charge is 0.344 e. The Balaban J connectivity index is -0.000000291. The van der Waals surface area contributed by atoms with Crippen LogP contribution in [0.1, 0.15) is 20.3 Å². The van der Waals surface area contributed by atoms with Crippen LogP contribution in [0.25, 0.3) is 0 Å². The van der Waals surface area contributed by atoms with E-state index in [4.69, 9.17) is 15.3 Å². The van der Waals surface area contributed by atoms with Crippen LogP contribution in [0.15, 0.2) is 25.3 Å². The second-order valence-electron chi connectivity index (χ2n) is 3.57. The highest BCUT2D eigenvalue weighted by Crippen LogP contribution is 1.90. The van der Waals surface area contributed by atoms with Crippen LogP contribution in [0.5, 0.6) is 0 Å². The van der Waals surface area contributed by atoms with Gasteiger partial charge in [0.15, 0.2) is 12.7 Å². The normalized spacial score (nSPS) is 9.42. The minimum atomic E-state index is -1.18. The predicted octanol–water partition coefficient (Wildman–Crippen LogP) is 0.470. The maximum absolute atomic E-state index is 10.3. The molecule has 0 spiro atoms. The van der Waals surface area contributed by atoms with Gasteiger partial charge in [-0.1, -0.05) is 20.1 Å². The Bertz CT molecular complexity index is 466. The van der Waals surface area contributed by atoms with Gasteiger partial charge in [0, 0.05) is 18.6 Å². The molecule has 10 nitrogen and oxygen atoms in total. The number of aliphatic carboxylic acids is 3. The molecule has 10 heteroatoms. The van der Waals surface area contributed by atoms with Gasteiger partial charge in [0.2, 0.25) is 0 Å². The number of rotatable bonds is 7. The number of ether oxygens (including phenoxy) is 2. The predicted molar refractivity (Wildman–Crippen MR) is 80.1 cm³/mol. The van der Waals surface area contributed by atoms with Gasteiger partial charge in [-0.3, -0.25) is 4.79 Å². The quantitative estimate of drug-likeness (QED) is 0.435. The summed E-state index contributed by atoms with van der Waals surface area (Å²) >= 11 is 0. The molecule has 0 fully saturated rings. The number of hydrogen-bond acceptors (Lipinski definition) is 7. The van der Waals surface area contributed by atoms with Crippen LogP contribution in [0.4, 0.5) is 0 Å². The molecule has 24 heavy (non-hydrogen) atoms. The Morgan fingerprint density at radius 2 is 1.38 bits per heavy atom. The van der Waals surface area contributed by atoms with Crippen molar-refractivity contribution in [1.29, 1.82) is 0 Å². The van der Waals surface area contributed by atoms with Crippen LogP contribution in [-0.2, 0) is 33.4 Å². The number of hydrogen-bond donors (Lipinski definition) is 3. The number of esters is 2. The van der Waals surface area contributed by atoms with Gasteiger partial charge in [0.1, 0.15) is 0 Å². The number of carboxylic acids is 3. The minimum absolute atomic E-state index is 0.222. The van der Waals surface area contributed by atoms with Crippen molar-refractivity contribution in [3.63, 3.8) is 0 Å². The molecule has 0 saturated carbocycles. The third kappa shape index (κ3) is 23.9. The van der Waals surface area contributed by atoms with E-state index >= 15 is 0 Å². The molecule has 0 aliphatic heterocycles. The Kier molecular flexibility index (Phi) is 17.4. The number of carbonyl (C=O) groups excluding carboxylic acids is 2. The Morgan fingerprint density at radius 3 is 1.62 bits per heavy atom. The second-order valence-corrected chi connectivity index (χ2v) is 3.57. The summed E-state index contributed by atoms with van der Waals surface area (Å²) in [5.41, 5.74) is 0. The number of carboxylic acid groups (broad SMARTS) is 3. The molecule has 0 aliphatic carbocycles. The topological polar surface area (TPSA) is 165 Å². The molecule has 0 aliphatic rings. The van der Waals surface area contributed by atoms with E-state index in [0.717, 1.165) is 12.2 Å². The van der Waals surface area contributed by atoms with E-state index in [0.29, 0.717) is 0 Å². The van der Waals surface area contributed by atoms with E-state index in [1.807, 2.05) is 0 Å². The van der Waals surface area contributed by atoms with Gasteiger partial charge in [0.25, 0.3) is 0 Å². The molecule has 136 valence electrons. The van der Waals surface area contributed by atoms with E-state index in [1.54, 1.807) is 6.92 Å². The van der Waals surface area contributed by atoms with Crippen molar-refractivity contribution in [2.75, 3.05) is 6.61 Å². The summed E-state index contributed by atoms with van der Waals surface area (Å²) in [6, 6.07) is 0. The van der Waals surface area contributed by atoms with Gasteiger partial charge in [-0.15, -0.1) is 0 Å². The molecule has 0 saturated heterocycles. The van der Waals surface area contributed by atoms with Crippen LogP contribution in [0, 0.1) is 0 Å². The molecular weight excluding hydrogens is 328 g/mol. The van der Waals surface area contributed by atoms with Crippen molar-refractivity contribution in [1.82, 2.24) is 0 Å². The Morgan fingerprint density at radius 1 is 0.958 bits per heavy atom. The third-order valence-electron chi connectivity index (χ3n) is 1.61. The van der Waals surface area contributed by atoms with Gasteiger partial charge < -0.3 is 24.8 Å². The lowest BCUT2D eigenvalue weighted by molar-refractivity contribution is -0.159. The summed E-state index contributed by atoms with van der Waals surface area (Å²) in [5, 5.41) is 23.9. The highest BCUT2D eigenvalue weighted by atomic mass is 16.6. The number of carbonyl (C=O) groups is 5. The van der Waals surface area contributed by atoms with Crippen LogP contribution in [0.3, 0.4) is 0 Å². The molecule has 0 bridgehead atoms. The first kappa shape index (κ1) is 25.8. The molecule has 0 aromatic heterocycles. The summed E-state index contributed by atoms with van der Waals surface area (Å²) < 4.78 is 8.40. The van der Waals surface area contributed by atoms with Crippen molar-refractivity contribution < 1.29 is 48.8 Å². The molecule has 1 atom stereocenters. The highest BCUT2D eigenvalue weighted by Gasteiger charge is 2.13. The molecule has 3 N–H and O–H groups in total. The molecular formula is C14H20O10. The largest absolute Gasteiger partial charge is 0.481 e. The zero-order valence-corrected chi connectivity index (χ0v) is 13.3. The van der Waals surface area contributed by atoms with Gasteiger partial charge >= 0.3 is 29.8 Å². The van der Waals surface area contributed by atoms with Crippen LogP contribution >= 0.6 is 0 Å². The second kappa shape index (κ2) is 16.2. The zero-order chi connectivity index (χ0) is 19.7. The standard InChI is InChI=1S/C6H8O4.C5H6O4.C3H6O2/c1-3-5(7)10-4(2)6(8)9;1-2-5(8)9-3-4(6)7;1-2-3(4)5/h3-4H,1H2,2H3,(H,8,9);2H,1,3H2,(H,6,7);2H2,1H3,(H,4,5). The fourth-order valence-electron chi connectivity index (χ4n) is 0.465. The van der Waals surface area contributed by atoms with Crippen molar-refractivity contribution >= 4 is 29.8 Å². The average molecular weight is 348 g/mol. The highest BCUT2D eigenvalue weighted by molar-refractivity contribution is 5.84. The minimum Gasteiger partial charge on any atom is -0.481 e. The first-order valence-corrected chi connectivity index (χ1v) is 6.30. The fourth-order valence-corrected chi connectivity index (χ4v) is 0.465. The van der Waals surface area contributed by atoms with Gasteiger partial charge in [0.05, 0.1) is 0 Å². The Labute approximate surface area is 138 Å². The zero-order valence-electron chi connectivity index (χ0n) is 13.3. The molecule has 0 amide bonds. The average Bonchev–Trinajstić information content (AvgIpc) is 2.53. The fraction of sp³-hybridized carbons (Fsp3) is 0.357. The first-order valence-electron chi connectivity index (χ1n) is 6.30. The summed E-state index contributed by atoms with van der Waals surface area (Å²) in [7, 11) is 0. The maximum Gasteiger partial charge on any atom is 0.344 e. The van der Waals surface area contributed by atoms with Gasteiger partial charge in [-0.2, -0.15) is 0 Å². The first-order chi connectivity index (χ1) is 11.0. The van der Waals surface area contributed by atoms with Gasteiger partial charge in [-0.25, -0.2) is 19.2 Å². The van der Waals surface area contributed by atoms with E-state index < -0.39 is 42.6 Å².